The highest BCUT2D eigenvalue weighted by atomic mass is 35.5. The van der Waals surface area contributed by atoms with Gasteiger partial charge in [0, 0.05) is 11.8 Å². The maximum atomic E-state index is 12.1. The average molecular weight is 266 g/mol. The molecular weight excluding hydrogens is 254 g/mol. The normalized spacial score (nSPS) is 12.4. The fourth-order valence-corrected chi connectivity index (χ4v) is 1.88. The number of hydrogen-bond donors (Lipinski definition) is 1. The molecule has 0 aliphatic rings. The van der Waals surface area contributed by atoms with Crippen molar-refractivity contribution in [2.75, 3.05) is 0 Å². The van der Waals surface area contributed by atoms with E-state index < -0.39 is 17.3 Å². The van der Waals surface area contributed by atoms with Crippen LogP contribution < -0.4 is 11.2 Å². The van der Waals surface area contributed by atoms with E-state index in [4.69, 9.17) is 11.6 Å². The lowest BCUT2D eigenvalue weighted by atomic mass is 10.2. The molecule has 0 spiro atoms. The molecule has 1 atom stereocenters. The van der Waals surface area contributed by atoms with Crippen LogP contribution in [-0.2, 0) is 0 Å². The lowest BCUT2D eigenvalue weighted by molar-refractivity contribution is 0.561. The Morgan fingerprint density at radius 3 is 2.72 bits per heavy atom. The highest BCUT2D eigenvalue weighted by Gasteiger charge is 2.16. The van der Waals surface area contributed by atoms with Crippen LogP contribution in [0.25, 0.3) is 0 Å². The van der Waals surface area contributed by atoms with Gasteiger partial charge in [0.1, 0.15) is 5.15 Å². The Morgan fingerprint density at radius 2 is 2.11 bits per heavy atom. The summed E-state index contributed by atoms with van der Waals surface area (Å²) in [6.07, 6.45) is 1.62. The second-order valence-electron chi connectivity index (χ2n) is 3.97. The van der Waals surface area contributed by atoms with Crippen molar-refractivity contribution in [1.82, 2.24) is 14.5 Å². The van der Waals surface area contributed by atoms with Crippen LogP contribution in [-0.4, -0.2) is 14.5 Å². The Labute approximate surface area is 108 Å². The zero-order valence-electron chi connectivity index (χ0n) is 9.98. The van der Waals surface area contributed by atoms with E-state index >= 15 is 0 Å². The molecule has 2 rings (SSSR count). The minimum Gasteiger partial charge on any atom is -0.297 e. The third kappa shape index (κ3) is 2.09. The second-order valence-corrected chi connectivity index (χ2v) is 4.35. The fourth-order valence-electron chi connectivity index (χ4n) is 1.72. The zero-order chi connectivity index (χ0) is 13.3. The highest BCUT2D eigenvalue weighted by Crippen LogP contribution is 2.12. The predicted molar refractivity (Wildman–Crippen MR) is 69.1 cm³/mol. The summed E-state index contributed by atoms with van der Waals surface area (Å²) in [5, 5.41) is 0.0782. The Bertz CT molecular complexity index is 676. The summed E-state index contributed by atoms with van der Waals surface area (Å²) in [6.45, 7) is 3.31. The smallest absolute Gasteiger partial charge is 0.297 e. The van der Waals surface area contributed by atoms with Crippen molar-refractivity contribution in [2.24, 2.45) is 0 Å². The molecule has 94 valence electrons. The lowest BCUT2D eigenvalue weighted by Gasteiger charge is -2.14. The van der Waals surface area contributed by atoms with Crippen molar-refractivity contribution in [2.45, 2.75) is 19.9 Å². The monoisotopic (exact) mass is 265 g/mol. The molecular formula is C12H12ClN3O2. The quantitative estimate of drug-likeness (QED) is 0.837. The van der Waals surface area contributed by atoms with Crippen LogP contribution in [0.1, 0.15) is 24.2 Å². The van der Waals surface area contributed by atoms with Gasteiger partial charge in [0.15, 0.2) is 0 Å². The van der Waals surface area contributed by atoms with Gasteiger partial charge < -0.3 is 0 Å². The van der Waals surface area contributed by atoms with Crippen LogP contribution in [0.4, 0.5) is 0 Å². The number of pyridine rings is 1. The highest BCUT2D eigenvalue weighted by molar-refractivity contribution is 6.30. The molecule has 0 bridgehead atoms. The van der Waals surface area contributed by atoms with Gasteiger partial charge in [-0.3, -0.25) is 19.3 Å². The first kappa shape index (κ1) is 12.6. The first-order valence-electron chi connectivity index (χ1n) is 5.44. The van der Waals surface area contributed by atoms with Gasteiger partial charge in [-0.05, 0) is 26.0 Å². The largest absolute Gasteiger partial charge is 0.330 e. The van der Waals surface area contributed by atoms with Crippen molar-refractivity contribution < 1.29 is 0 Å². The number of aromatic amines is 1. The average Bonchev–Trinajstić information content (AvgIpc) is 2.37. The van der Waals surface area contributed by atoms with Gasteiger partial charge in [-0.1, -0.05) is 17.7 Å². The summed E-state index contributed by atoms with van der Waals surface area (Å²) >= 11 is 5.76. The number of nitrogens with zero attached hydrogens (tertiary/aromatic N) is 2. The summed E-state index contributed by atoms with van der Waals surface area (Å²) in [5.41, 5.74) is 0.0292. The van der Waals surface area contributed by atoms with Crippen LogP contribution in [0.2, 0.25) is 5.15 Å². The fraction of sp³-hybridized carbons (Fsp3) is 0.250. The van der Waals surface area contributed by atoms with Crippen LogP contribution in [0.3, 0.4) is 0 Å². The van der Waals surface area contributed by atoms with E-state index in [1.165, 1.54) is 0 Å². The molecule has 0 aromatic carbocycles. The molecule has 18 heavy (non-hydrogen) atoms. The molecule has 0 saturated carbocycles. The molecule has 6 heteroatoms. The summed E-state index contributed by atoms with van der Waals surface area (Å²) in [4.78, 5) is 30.5. The molecule has 0 aliphatic heterocycles. The molecule has 2 heterocycles. The standard InChI is InChI=1S/C12H12ClN3O2/c1-7-10(13)15-12(18)16(11(7)17)8(2)9-5-3-4-6-14-9/h3-6,8H,1-2H3,(H,15,18). The van der Waals surface area contributed by atoms with Crippen molar-refractivity contribution >= 4 is 11.6 Å². The van der Waals surface area contributed by atoms with Gasteiger partial charge in [0.2, 0.25) is 0 Å². The van der Waals surface area contributed by atoms with Crippen LogP contribution >= 0.6 is 11.6 Å². The van der Waals surface area contributed by atoms with Crippen molar-refractivity contribution in [3.8, 4) is 0 Å². The predicted octanol–water partition coefficient (Wildman–Crippen LogP) is 1.50. The van der Waals surface area contributed by atoms with Crippen molar-refractivity contribution in [3.63, 3.8) is 0 Å². The minimum absolute atomic E-state index is 0.0782. The Kier molecular flexibility index (Phi) is 3.34. The first-order chi connectivity index (χ1) is 8.52. The molecule has 1 unspecified atom stereocenters. The van der Waals surface area contributed by atoms with E-state index in [9.17, 15) is 9.59 Å². The van der Waals surface area contributed by atoms with Crippen LogP contribution in [0.5, 0.6) is 0 Å². The minimum atomic E-state index is -0.534. The molecule has 0 saturated heterocycles. The topological polar surface area (TPSA) is 67.8 Å². The van der Waals surface area contributed by atoms with E-state index in [1.54, 1.807) is 38.2 Å². The number of aromatic nitrogens is 3. The van der Waals surface area contributed by atoms with Gasteiger partial charge in [0.25, 0.3) is 5.56 Å². The zero-order valence-corrected chi connectivity index (χ0v) is 10.7. The summed E-state index contributed by atoms with van der Waals surface area (Å²) < 4.78 is 1.11. The molecule has 0 amide bonds. The van der Waals surface area contributed by atoms with Gasteiger partial charge >= 0.3 is 5.69 Å². The lowest BCUT2D eigenvalue weighted by Crippen LogP contribution is -2.39. The van der Waals surface area contributed by atoms with Gasteiger partial charge in [-0.25, -0.2) is 4.79 Å². The number of H-pyrrole nitrogens is 1. The molecule has 0 aliphatic carbocycles. The molecule has 0 fully saturated rings. The number of hydrogen-bond acceptors (Lipinski definition) is 3. The summed E-state index contributed by atoms with van der Waals surface area (Å²) in [5.74, 6) is 0. The second kappa shape index (κ2) is 4.78. The molecule has 0 radical (unpaired) electrons. The third-order valence-corrected chi connectivity index (χ3v) is 3.19. The summed E-state index contributed by atoms with van der Waals surface area (Å²) in [6, 6.07) is 4.90. The maximum Gasteiger partial charge on any atom is 0.330 e. The Hall–Kier alpha value is -1.88. The number of nitrogens with one attached hydrogen (secondary N) is 1. The SMILES string of the molecule is Cc1c(Cl)[nH]c(=O)n(C(C)c2ccccn2)c1=O. The van der Waals surface area contributed by atoms with Crippen LogP contribution in [0, 0.1) is 6.92 Å². The van der Waals surface area contributed by atoms with E-state index in [1.807, 2.05) is 0 Å². The van der Waals surface area contributed by atoms with Crippen molar-refractivity contribution in [3.05, 3.63) is 61.6 Å². The van der Waals surface area contributed by atoms with E-state index in [0.29, 0.717) is 11.3 Å². The molecule has 2 aromatic rings. The van der Waals surface area contributed by atoms with E-state index in [0.717, 1.165) is 4.57 Å². The Balaban J connectivity index is 2.63. The third-order valence-electron chi connectivity index (χ3n) is 2.81. The molecule has 2 aromatic heterocycles. The Morgan fingerprint density at radius 1 is 1.39 bits per heavy atom. The van der Waals surface area contributed by atoms with Crippen molar-refractivity contribution in [1.29, 1.82) is 0 Å². The maximum absolute atomic E-state index is 12.1. The van der Waals surface area contributed by atoms with Gasteiger partial charge in [0.05, 0.1) is 11.7 Å². The van der Waals surface area contributed by atoms with Crippen LogP contribution in [0.15, 0.2) is 34.0 Å². The molecule has 5 nitrogen and oxygen atoms in total. The first-order valence-corrected chi connectivity index (χ1v) is 5.82. The number of halogens is 1. The van der Waals surface area contributed by atoms with Gasteiger partial charge in [-0.15, -0.1) is 0 Å². The van der Waals surface area contributed by atoms with Gasteiger partial charge in [-0.2, -0.15) is 0 Å². The van der Waals surface area contributed by atoms with E-state index in [2.05, 4.69) is 9.97 Å². The molecule has 1 N–H and O–H groups in total. The number of rotatable bonds is 2. The summed E-state index contributed by atoms with van der Waals surface area (Å²) in [7, 11) is 0. The van der Waals surface area contributed by atoms with E-state index in [-0.39, 0.29) is 5.15 Å².